The molecule has 0 atom stereocenters. The van der Waals surface area contributed by atoms with Crippen molar-refractivity contribution in [3.8, 4) is 11.3 Å². The molecule has 0 saturated heterocycles. The molecule has 0 saturated carbocycles. The van der Waals surface area contributed by atoms with E-state index in [-0.39, 0.29) is 0 Å². The van der Waals surface area contributed by atoms with E-state index in [4.69, 9.17) is 16.3 Å². The van der Waals surface area contributed by atoms with E-state index in [9.17, 15) is 0 Å². The second-order valence-corrected chi connectivity index (χ2v) is 4.57. The van der Waals surface area contributed by atoms with Crippen LogP contribution < -0.4 is 0 Å². The third-order valence-corrected chi connectivity index (χ3v) is 3.03. The Hall–Kier alpha value is -1.45. The van der Waals surface area contributed by atoms with Crippen LogP contribution in [0.1, 0.15) is 25.2 Å². The SMILES string of the molecule is CCOCc1nc(Cl)cc(-c2ccc(CC)cc2)n1. The van der Waals surface area contributed by atoms with Crippen molar-refractivity contribution >= 4 is 11.6 Å². The molecule has 0 aliphatic carbocycles. The van der Waals surface area contributed by atoms with Gasteiger partial charge in [0.2, 0.25) is 0 Å². The van der Waals surface area contributed by atoms with Crippen molar-refractivity contribution in [3.05, 3.63) is 46.9 Å². The third kappa shape index (κ3) is 3.75. The van der Waals surface area contributed by atoms with Crippen molar-refractivity contribution in [3.63, 3.8) is 0 Å². The number of aryl methyl sites for hydroxylation is 1. The second-order valence-electron chi connectivity index (χ2n) is 4.18. The summed E-state index contributed by atoms with van der Waals surface area (Å²) in [7, 11) is 0. The van der Waals surface area contributed by atoms with Gasteiger partial charge in [-0.05, 0) is 18.9 Å². The Labute approximate surface area is 118 Å². The van der Waals surface area contributed by atoms with Gasteiger partial charge in [0.05, 0.1) is 5.69 Å². The zero-order chi connectivity index (χ0) is 13.7. The number of halogens is 1. The van der Waals surface area contributed by atoms with Crippen molar-refractivity contribution in [1.82, 2.24) is 9.97 Å². The molecule has 1 aromatic carbocycles. The maximum atomic E-state index is 6.03. The maximum Gasteiger partial charge on any atom is 0.156 e. The van der Waals surface area contributed by atoms with Gasteiger partial charge in [0.15, 0.2) is 5.82 Å². The first kappa shape index (κ1) is 14.0. The lowest BCUT2D eigenvalue weighted by molar-refractivity contribution is 0.128. The highest BCUT2D eigenvalue weighted by Gasteiger charge is 2.06. The van der Waals surface area contributed by atoms with E-state index < -0.39 is 0 Å². The largest absolute Gasteiger partial charge is 0.374 e. The first-order valence-electron chi connectivity index (χ1n) is 6.43. The van der Waals surface area contributed by atoms with Gasteiger partial charge in [-0.25, -0.2) is 9.97 Å². The summed E-state index contributed by atoms with van der Waals surface area (Å²) in [5.74, 6) is 0.615. The normalized spacial score (nSPS) is 10.7. The van der Waals surface area contributed by atoms with E-state index in [1.165, 1.54) is 5.56 Å². The number of hydrogen-bond donors (Lipinski definition) is 0. The summed E-state index contributed by atoms with van der Waals surface area (Å²) in [6.45, 7) is 5.10. The van der Waals surface area contributed by atoms with E-state index in [1.54, 1.807) is 6.07 Å². The smallest absolute Gasteiger partial charge is 0.156 e. The molecule has 0 spiro atoms. The van der Waals surface area contributed by atoms with Gasteiger partial charge in [-0.1, -0.05) is 42.8 Å². The lowest BCUT2D eigenvalue weighted by Gasteiger charge is -2.06. The van der Waals surface area contributed by atoms with Gasteiger partial charge in [-0.3, -0.25) is 0 Å². The molecule has 0 amide bonds. The van der Waals surface area contributed by atoms with Gasteiger partial charge in [0.1, 0.15) is 11.8 Å². The predicted molar refractivity (Wildman–Crippen MR) is 77.2 cm³/mol. The van der Waals surface area contributed by atoms with E-state index in [0.29, 0.717) is 24.2 Å². The summed E-state index contributed by atoms with van der Waals surface area (Å²) < 4.78 is 5.32. The molecular weight excluding hydrogens is 260 g/mol. The Morgan fingerprint density at radius 1 is 1.11 bits per heavy atom. The van der Waals surface area contributed by atoms with Gasteiger partial charge < -0.3 is 4.74 Å². The highest BCUT2D eigenvalue weighted by Crippen LogP contribution is 2.21. The second kappa shape index (κ2) is 6.64. The fraction of sp³-hybridized carbons (Fsp3) is 0.333. The van der Waals surface area contributed by atoms with Crippen molar-refractivity contribution in [2.75, 3.05) is 6.61 Å². The molecule has 0 unspecified atom stereocenters. The molecule has 1 aromatic heterocycles. The number of benzene rings is 1. The Morgan fingerprint density at radius 3 is 2.47 bits per heavy atom. The van der Waals surface area contributed by atoms with Gasteiger partial charge in [0, 0.05) is 18.2 Å². The van der Waals surface area contributed by atoms with E-state index >= 15 is 0 Å². The zero-order valence-corrected chi connectivity index (χ0v) is 11.9. The van der Waals surface area contributed by atoms with Crippen LogP contribution in [-0.2, 0) is 17.8 Å². The summed E-state index contributed by atoms with van der Waals surface area (Å²) in [5.41, 5.74) is 3.18. The van der Waals surface area contributed by atoms with Crippen LogP contribution >= 0.6 is 11.6 Å². The summed E-state index contributed by atoms with van der Waals surface area (Å²) in [6, 6.07) is 10.1. The molecule has 1 heterocycles. The molecule has 0 radical (unpaired) electrons. The summed E-state index contributed by atoms with van der Waals surface area (Å²) in [5, 5.41) is 0.444. The lowest BCUT2D eigenvalue weighted by atomic mass is 10.1. The monoisotopic (exact) mass is 276 g/mol. The molecule has 2 aromatic rings. The third-order valence-electron chi connectivity index (χ3n) is 2.83. The van der Waals surface area contributed by atoms with Crippen molar-refractivity contribution in [2.45, 2.75) is 26.9 Å². The van der Waals surface area contributed by atoms with Crippen LogP contribution in [0.3, 0.4) is 0 Å². The molecule has 0 bridgehead atoms. The van der Waals surface area contributed by atoms with Gasteiger partial charge in [0.25, 0.3) is 0 Å². The molecule has 19 heavy (non-hydrogen) atoms. The Bertz CT molecular complexity index is 540. The predicted octanol–water partition coefficient (Wildman–Crippen LogP) is 3.90. The number of aromatic nitrogens is 2. The minimum Gasteiger partial charge on any atom is -0.374 e. The summed E-state index contributed by atoms with van der Waals surface area (Å²) >= 11 is 6.03. The van der Waals surface area contributed by atoms with Crippen LogP contribution in [0.5, 0.6) is 0 Å². The number of ether oxygens (including phenoxy) is 1. The molecule has 100 valence electrons. The topological polar surface area (TPSA) is 35.0 Å². The number of rotatable bonds is 5. The first-order chi connectivity index (χ1) is 9.22. The quantitative estimate of drug-likeness (QED) is 0.777. The van der Waals surface area contributed by atoms with Crippen LogP contribution in [0.4, 0.5) is 0 Å². The van der Waals surface area contributed by atoms with E-state index in [0.717, 1.165) is 17.7 Å². The van der Waals surface area contributed by atoms with Crippen molar-refractivity contribution < 1.29 is 4.74 Å². The fourth-order valence-corrected chi connectivity index (χ4v) is 1.98. The molecule has 0 aliphatic heterocycles. The highest BCUT2D eigenvalue weighted by atomic mass is 35.5. The maximum absolute atomic E-state index is 6.03. The lowest BCUT2D eigenvalue weighted by Crippen LogP contribution is -2.00. The highest BCUT2D eigenvalue weighted by molar-refractivity contribution is 6.29. The molecule has 4 heteroatoms. The number of hydrogen-bond acceptors (Lipinski definition) is 3. The molecule has 0 aliphatic rings. The first-order valence-corrected chi connectivity index (χ1v) is 6.81. The van der Waals surface area contributed by atoms with E-state index in [2.05, 4.69) is 41.2 Å². The van der Waals surface area contributed by atoms with Crippen LogP contribution in [0.25, 0.3) is 11.3 Å². The molecule has 3 nitrogen and oxygen atoms in total. The van der Waals surface area contributed by atoms with Gasteiger partial charge >= 0.3 is 0 Å². The molecular formula is C15H17ClN2O. The Balaban J connectivity index is 2.29. The van der Waals surface area contributed by atoms with Crippen molar-refractivity contribution in [1.29, 1.82) is 0 Å². The minimum absolute atomic E-state index is 0.386. The zero-order valence-electron chi connectivity index (χ0n) is 11.2. The Morgan fingerprint density at radius 2 is 1.84 bits per heavy atom. The molecule has 2 rings (SSSR count). The average Bonchev–Trinajstić information content (AvgIpc) is 2.44. The van der Waals surface area contributed by atoms with Crippen LogP contribution in [0, 0.1) is 0 Å². The van der Waals surface area contributed by atoms with E-state index in [1.807, 2.05) is 6.92 Å². The van der Waals surface area contributed by atoms with Gasteiger partial charge in [-0.2, -0.15) is 0 Å². The number of nitrogens with zero attached hydrogens (tertiary/aromatic N) is 2. The fourth-order valence-electron chi connectivity index (χ4n) is 1.78. The summed E-state index contributed by atoms with van der Waals surface area (Å²) in [6.07, 6.45) is 1.03. The van der Waals surface area contributed by atoms with Crippen molar-refractivity contribution in [2.24, 2.45) is 0 Å². The Kier molecular flexibility index (Phi) is 4.88. The molecule has 0 N–H and O–H groups in total. The van der Waals surface area contributed by atoms with Crippen LogP contribution in [0.15, 0.2) is 30.3 Å². The van der Waals surface area contributed by atoms with Crippen LogP contribution in [0.2, 0.25) is 5.15 Å². The standard InChI is InChI=1S/C15H17ClN2O/c1-3-11-5-7-12(8-6-11)13-9-14(16)18-15(17-13)10-19-4-2/h5-9H,3-4,10H2,1-2H3. The minimum atomic E-state index is 0.386. The average molecular weight is 277 g/mol. The van der Waals surface area contributed by atoms with Crippen LogP contribution in [-0.4, -0.2) is 16.6 Å². The molecule has 0 fully saturated rings. The summed E-state index contributed by atoms with van der Waals surface area (Å²) in [4.78, 5) is 8.64. The van der Waals surface area contributed by atoms with Gasteiger partial charge in [-0.15, -0.1) is 0 Å².